The Hall–Kier alpha value is -2.86. The minimum Gasteiger partial charge on any atom is -0.490 e. The van der Waals surface area contributed by atoms with Crippen LogP contribution < -0.4 is 20.1 Å². The van der Waals surface area contributed by atoms with E-state index < -0.39 is 0 Å². The van der Waals surface area contributed by atoms with Crippen LogP contribution in [0.4, 0.5) is 0 Å². The van der Waals surface area contributed by atoms with Crippen molar-refractivity contribution in [2.75, 3.05) is 6.61 Å². The Morgan fingerprint density at radius 1 is 1.10 bits per heavy atom. The Bertz CT molecular complexity index is 968. The van der Waals surface area contributed by atoms with Crippen molar-refractivity contribution in [2.45, 2.75) is 40.3 Å². The molecule has 2 N–H and O–H groups in total. The lowest BCUT2D eigenvalue weighted by atomic mass is 9.93. The first-order chi connectivity index (χ1) is 13.9. The zero-order chi connectivity index (χ0) is 21.0. The summed E-state index contributed by atoms with van der Waals surface area (Å²) in [6, 6.07) is 13.5. The van der Waals surface area contributed by atoms with Gasteiger partial charge in [-0.15, -0.1) is 0 Å². The molecule has 0 aromatic heterocycles. The van der Waals surface area contributed by atoms with Gasteiger partial charge in [0.25, 0.3) is 0 Å². The van der Waals surface area contributed by atoms with Crippen LogP contribution in [0.25, 0.3) is 0 Å². The highest BCUT2D eigenvalue weighted by Gasteiger charge is 2.28. The van der Waals surface area contributed by atoms with Crippen LogP contribution in [0.3, 0.4) is 0 Å². The van der Waals surface area contributed by atoms with Gasteiger partial charge in [-0.2, -0.15) is 0 Å². The average Bonchev–Trinajstić information content (AvgIpc) is 2.67. The van der Waals surface area contributed by atoms with Crippen LogP contribution in [-0.2, 0) is 11.4 Å². The van der Waals surface area contributed by atoms with Crippen LogP contribution in [0.15, 0.2) is 53.7 Å². The van der Waals surface area contributed by atoms with Crippen LogP contribution in [0, 0.1) is 6.92 Å². The lowest BCUT2D eigenvalue weighted by Crippen LogP contribution is -2.44. The van der Waals surface area contributed by atoms with E-state index in [0.717, 1.165) is 16.8 Å². The van der Waals surface area contributed by atoms with E-state index in [0.29, 0.717) is 35.4 Å². The molecule has 0 fully saturated rings. The fraction of sp³-hybridized carbons (Fsp3) is 0.304. The maximum Gasteiger partial charge on any atom is 0.171 e. The second kappa shape index (κ2) is 9.09. The lowest BCUT2D eigenvalue weighted by molar-refractivity contribution is -0.114. The molecule has 0 radical (unpaired) electrons. The molecule has 2 aromatic rings. The molecule has 3 rings (SSSR count). The van der Waals surface area contributed by atoms with E-state index in [1.54, 1.807) is 6.92 Å². The van der Waals surface area contributed by atoms with Gasteiger partial charge in [-0.3, -0.25) is 4.79 Å². The van der Waals surface area contributed by atoms with E-state index >= 15 is 0 Å². The summed E-state index contributed by atoms with van der Waals surface area (Å²) in [5.41, 5.74) is 4.63. The summed E-state index contributed by atoms with van der Waals surface area (Å²) in [7, 11) is 0. The molecule has 0 amide bonds. The van der Waals surface area contributed by atoms with Crippen molar-refractivity contribution in [1.82, 2.24) is 10.6 Å². The summed E-state index contributed by atoms with van der Waals surface area (Å²) >= 11 is 5.29. The smallest absolute Gasteiger partial charge is 0.171 e. The van der Waals surface area contributed by atoms with Crippen molar-refractivity contribution in [3.8, 4) is 11.5 Å². The van der Waals surface area contributed by atoms with Gasteiger partial charge in [0.2, 0.25) is 0 Å². The number of thiocarbonyl (C=S) groups is 1. The van der Waals surface area contributed by atoms with E-state index in [4.69, 9.17) is 21.7 Å². The number of benzene rings is 2. The highest BCUT2D eigenvalue weighted by molar-refractivity contribution is 7.80. The Morgan fingerprint density at radius 2 is 1.86 bits per heavy atom. The lowest BCUT2D eigenvalue weighted by Gasteiger charge is -2.30. The van der Waals surface area contributed by atoms with Crippen LogP contribution in [0.2, 0.25) is 0 Å². The predicted octanol–water partition coefficient (Wildman–Crippen LogP) is 4.35. The number of aryl methyl sites for hydroxylation is 1. The van der Waals surface area contributed by atoms with Gasteiger partial charge >= 0.3 is 0 Å². The average molecular weight is 411 g/mol. The third-order valence-corrected chi connectivity index (χ3v) is 5.11. The fourth-order valence-corrected chi connectivity index (χ4v) is 3.70. The summed E-state index contributed by atoms with van der Waals surface area (Å²) in [5.74, 6) is 1.30. The SMILES string of the molecule is CCOc1cc(C2NC(=S)NC(C)=C2C(C)=O)ccc1OCc1ccccc1C. The summed E-state index contributed by atoms with van der Waals surface area (Å²) in [4.78, 5) is 12.2. The first-order valence-corrected chi connectivity index (χ1v) is 10.0. The second-order valence-electron chi connectivity index (χ2n) is 6.98. The third kappa shape index (κ3) is 4.77. The van der Waals surface area contributed by atoms with Gasteiger partial charge in [-0.1, -0.05) is 30.3 Å². The molecule has 1 aliphatic heterocycles. The molecule has 0 spiro atoms. The predicted molar refractivity (Wildman–Crippen MR) is 118 cm³/mol. The molecule has 2 aromatic carbocycles. The minimum atomic E-state index is -0.328. The van der Waals surface area contributed by atoms with Gasteiger partial charge in [0.15, 0.2) is 22.4 Å². The van der Waals surface area contributed by atoms with Crippen LogP contribution in [-0.4, -0.2) is 17.5 Å². The first-order valence-electron chi connectivity index (χ1n) is 9.64. The molecule has 152 valence electrons. The summed E-state index contributed by atoms with van der Waals surface area (Å²) in [6.45, 7) is 8.39. The molecule has 5 nitrogen and oxygen atoms in total. The summed E-state index contributed by atoms with van der Waals surface area (Å²) in [6.07, 6.45) is 0. The van der Waals surface area contributed by atoms with Gasteiger partial charge in [0.1, 0.15) is 6.61 Å². The minimum absolute atomic E-state index is 0.00663. The molecule has 0 aliphatic carbocycles. The van der Waals surface area contributed by atoms with Crippen molar-refractivity contribution >= 4 is 23.1 Å². The zero-order valence-corrected chi connectivity index (χ0v) is 18.0. The van der Waals surface area contributed by atoms with E-state index in [2.05, 4.69) is 29.7 Å². The third-order valence-electron chi connectivity index (χ3n) is 4.89. The molecule has 6 heteroatoms. The number of hydrogen-bond acceptors (Lipinski definition) is 4. The van der Waals surface area contributed by atoms with Gasteiger partial charge in [-0.05, 0) is 68.7 Å². The molecule has 1 aliphatic rings. The van der Waals surface area contributed by atoms with E-state index in [-0.39, 0.29) is 11.8 Å². The number of Topliss-reactive ketones (excluding diaryl/α,β-unsaturated/α-hetero) is 1. The molecule has 1 unspecified atom stereocenters. The van der Waals surface area contributed by atoms with Crippen LogP contribution >= 0.6 is 12.2 Å². The number of ketones is 1. The van der Waals surface area contributed by atoms with E-state index in [1.807, 2.05) is 44.2 Å². The van der Waals surface area contributed by atoms with Gasteiger partial charge < -0.3 is 20.1 Å². The van der Waals surface area contributed by atoms with Crippen molar-refractivity contribution in [3.05, 3.63) is 70.4 Å². The quantitative estimate of drug-likeness (QED) is 0.662. The van der Waals surface area contributed by atoms with Gasteiger partial charge in [0, 0.05) is 11.3 Å². The standard InChI is InChI=1S/C23H26N2O3S/c1-5-27-20-12-17(22-21(16(4)26)15(3)24-23(29)25-22)10-11-19(20)28-13-18-9-7-6-8-14(18)2/h6-12,22H,5,13H2,1-4H3,(H2,24,25,29). The number of hydrogen-bond donors (Lipinski definition) is 2. The zero-order valence-electron chi connectivity index (χ0n) is 17.2. The highest BCUT2D eigenvalue weighted by Crippen LogP contribution is 2.35. The molecule has 29 heavy (non-hydrogen) atoms. The monoisotopic (exact) mass is 410 g/mol. The van der Waals surface area contributed by atoms with Crippen molar-refractivity contribution in [3.63, 3.8) is 0 Å². The number of carbonyl (C=O) groups is 1. The Labute approximate surface area is 177 Å². The van der Waals surface area contributed by atoms with E-state index in [1.165, 1.54) is 5.56 Å². The van der Waals surface area contributed by atoms with Gasteiger partial charge in [-0.25, -0.2) is 0 Å². The van der Waals surface area contributed by atoms with E-state index in [9.17, 15) is 4.79 Å². The molecule has 1 heterocycles. The molecule has 0 bridgehead atoms. The van der Waals surface area contributed by atoms with Crippen molar-refractivity contribution in [1.29, 1.82) is 0 Å². The molecular formula is C23H26N2O3S. The first kappa shape index (κ1) is 20.9. The molecule has 0 saturated heterocycles. The summed E-state index contributed by atoms with van der Waals surface area (Å²) in [5, 5.41) is 6.72. The Balaban J connectivity index is 1.91. The second-order valence-corrected chi connectivity index (χ2v) is 7.39. The van der Waals surface area contributed by atoms with Crippen LogP contribution in [0.5, 0.6) is 11.5 Å². The molecule has 0 saturated carbocycles. The fourth-order valence-electron chi connectivity index (χ4n) is 3.43. The van der Waals surface area contributed by atoms with Crippen molar-refractivity contribution < 1.29 is 14.3 Å². The number of carbonyl (C=O) groups excluding carboxylic acids is 1. The largest absolute Gasteiger partial charge is 0.490 e. The normalized spacial score (nSPS) is 16.1. The summed E-state index contributed by atoms with van der Waals surface area (Å²) < 4.78 is 11.9. The number of ether oxygens (including phenoxy) is 2. The maximum atomic E-state index is 12.2. The number of rotatable bonds is 7. The molecular weight excluding hydrogens is 384 g/mol. The highest BCUT2D eigenvalue weighted by atomic mass is 32.1. The molecule has 1 atom stereocenters. The number of allylic oxidation sites excluding steroid dienone is 1. The topological polar surface area (TPSA) is 59.6 Å². The number of nitrogens with one attached hydrogen (secondary N) is 2. The van der Waals surface area contributed by atoms with Gasteiger partial charge in [0.05, 0.1) is 12.6 Å². The van der Waals surface area contributed by atoms with Crippen LogP contribution in [0.1, 0.15) is 43.5 Å². The van der Waals surface area contributed by atoms with Crippen molar-refractivity contribution in [2.24, 2.45) is 0 Å². The maximum absolute atomic E-state index is 12.2. The Kier molecular flexibility index (Phi) is 6.54. The Morgan fingerprint density at radius 3 is 2.55 bits per heavy atom.